The van der Waals surface area contributed by atoms with E-state index in [-0.39, 0.29) is 0 Å². The van der Waals surface area contributed by atoms with Crippen LogP contribution in [0.3, 0.4) is 0 Å². The standard InChI is InChI=1S/C23H35N7O/c1-3-24-23(26-17-22-28-27-21-8-7-15-30(21)22)25-16-20(29-13-5-4-6-14-29)18-9-11-19(31-2)12-10-18/h9-12,20H,3-8,13-17H2,1-2H3,(H2,24,25,26). The van der Waals surface area contributed by atoms with E-state index in [9.17, 15) is 0 Å². The Bertz CT molecular complexity index is 855. The normalized spacial score (nSPS) is 17.9. The highest BCUT2D eigenvalue weighted by Gasteiger charge is 2.23. The van der Waals surface area contributed by atoms with E-state index in [4.69, 9.17) is 9.73 Å². The molecule has 2 aliphatic heterocycles. The fourth-order valence-electron chi connectivity index (χ4n) is 4.53. The van der Waals surface area contributed by atoms with Crippen molar-refractivity contribution in [1.29, 1.82) is 0 Å². The van der Waals surface area contributed by atoms with Crippen LogP contribution < -0.4 is 15.4 Å². The second-order valence-electron chi connectivity index (χ2n) is 8.25. The number of rotatable bonds is 8. The molecule has 0 amide bonds. The van der Waals surface area contributed by atoms with E-state index >= 15 is 0 Å². The zero-order chi connectivity index (χ0) is 21.5. The number of hydrogen-bond donors (Lipinski definition) is 2. The summed E-state index contributed by atoms with van der Waals surface area (Å²) in [4.78, 5) is 7.39. The van der Waals surface area contributed by atoms with Gasteiger partial charge in [0.1, 0.15) is 18.1 Å². The Morgan fingerprint density at radius 3 is 2.61 bits per heavy atom. The second kappa shape index (κ2) is 10.6. The first kappa shape index (κ1) is 21.6. The second-order valence-corrected chi connectivity index (χ2v) is 8.25. The number of piperidine rings is 1. The van der Waals surface area contributed by atoms with Crippen molar-refractivity contribution in [2.75, 3.05) is 33.3 Å². The maximum absolute atomic E-state index is 5.35. The number of aryl methyl sites for hydroxylation is 1. The number of likely N-dealkylation sites (tertiary alicyclic amines) is 1. The number of hydrogen-bond acceptors (Lipinski definition) is 5. The van der Waals surface area contributed by atoms with Gasteiger partial charge in [-0.15, -0.1) is 10.2 Å². The average Bonchev–Trinajstić information content (AvgIpc) is 3.43. The van der Waals surface area contributed by atoms with Gasteiger partial charge < -0.3 is 19.9 Å². The molecule has 8 heteroatoms. The molecule has 0 spiro atoms. The van der Waals surface area contributed by atoms with E-state index in [2.05, 4.69) is 61.5 Å². The van der Waals surface area contributed by atoms with E-state index in [0.717, 1.165) is 68.9 Å². The highest BCUT2D eigenvalue weighted by atomic mass is 16.5. The van der Waals surface area contributed by atoms with Crippen LogP contribution in [0.5, 0.6) is 5.75 Å². The quantitative estimate of drug-likeness (QED) is 0.500. The zero-order valence-electron chi connectivity index (χ0n) is 18.8. The lowest BCUT2D eigenvalue weighted by Gasteiger charge is -2.35. The van der Waals surface area contributed by atoms with Crippen LogP contribution in [0.4, 0.5) is 0 Å². The summed E-state index contributed by atoms with van der Waals surface area (Å²) in [6.07, 6.45) is 6.03. The number of guanidine groups is 1. The lowest BCUT2D eigenvalue weighted by atomic mass is 10.0. The molecule has 0 aliphatic carbocycles. The molecule has 2 aliphatic rings. The molecule has 2 N–H and O–H groups in total. The van der Waals surface area contributed by atoms with E-state index in [1.165, 1.54) is 24.8 Å². The predicted molar refractivity (Wildman–Crippen MR) is 122 cm³/mol. The molecule has 1 fully saturated rings. The fourth-order valence-corrected chi connectivity index (χ4v) is 4.53. The number of aromatic nitrogens is 3. The molecule has 1 unspecified atom stereocenters. The van der Waals surface area contributed by atoms with Crippen molar-refractivity contribution in [2.24, 2.45) is 4.99 Å². The van der Waals surface area contributed by atoms with Gasteiger partial charge in [-0.1, -0.05) is 18.6 Å². The van der Waals surface area contributed by atoms with Gasteiger partial charge in [0.15, 0.2) is 11.8 Å². The minimum absolute atomic E-state index is 0.299. The Hall–Kier alpha value is -2.61. The van der Waals surface area contributed by atoms with Crippen molar-refractivity contribution in [2.45, 2.75) is 58.2 Å². The largest absolute Gasteiger partial charge is 0.497 e. The Morgan fingerprint density at radius 2 is 1.87 bits per heavy atom. The molecule has 4 rings (SSSR count). The van der Waals surface area contributed by atoms with Gasteiger partial charge in [-0.25, -0.2) is 4.99 Å². The van der Waals surface area contributed by atoms with Crippen LogP contribution in [0.15, 0.2) is 29.3 Å². The number of methoxy groups -OCH3 is 1. The van der Waals surface area contributed by atoms with Crippen molar-refractivity contribution in [1.82, 2.24) is 30.3 Å². The maximum Gasteiger partial charge on any atom is 0.191 e. The van der Waals surface area contributed by atoms with Gasteiger partial charge in [0.25, 0.3) is 0 Å². The maximum atomic E-state index is 5.35. The first-order chi connectivity index (χ1) is 15.3. The third kappa shape index (κ3) is 5.36. The molecule has 2 aromatic rings. The molecular formula is C23H35N7O. The molecule has 3 heterocycles. The topological polar surface area (TPSA) is 79.6 Å². The van der Waals surface area contributed by atoms with Crippen molar-refractivity contribution >= 4 is 5.96 Å². The fraction of sp³-hybridized carbons (Fsp3) is 0.609. The lowest BCUT2D eigenvalue weighted by molar-refractivity contribution is 0.164. The van der Waals surface area contributed by atoms with Crippen LogP contribution in [-0.2, 0) is 19.5 Å². The number of nitrogens with zero attached hydrogens (tertiary/aromatic N) is 5. The van der Waals surface area contributed by atoms with Gasteiger partial charge in [-0.05, 0) is 57.0 Å². The van der Waals surface area contributed by atoms with E-state index in [1.807, 2.05) is 0 Å². The summed E-state index contributed by atoms with van der Waals surface area (Å²) in [7, 11) is 1.71. The predicted octanol–water partition coefficient (Wildman–Crippen LogP) is 2.52. The van der Waals surface area contributed by atoms with Gasteiger partial charge in [-0.3, -0.25) is 4.90 Å². The Morgan fingerprint density at radius 1 is 1.06 bits per heavy atom. The Labute approximate surface area is 185 Å². The van der Waals surface area contributed by atoms with Crippen LogP contribution in [-0.4, -0.2) is 58.9 Å². The number of nitrogens with one attached hydrogen (secondary N) is 2. The number of ether oxygens (including phenoxy) is 1. The molecule has 0 saturated carbocycles. The van der Waals surface area contributed by atoms with E-state index < -0.39 is 0 Å². The molecular weight excluding hydrogens is 390 g/mol. The molecule has 0 radical (unpaired) electrons. The van der Waals surface area contributed by atoms with Crippen molar-refractivity contribution in [3.8, 4) is 5.75 Å². The zero-order valence-corrected chi connectivity index (χ0v) is 18.8. The van der Waals surface area contributed by atoms with Gasteiger partial charge in [0.05, 0.1) is 13.2 Å². The molecule has 8 nitrogen and oxygen atoms in total. The van der Waals surface area contributed by atoms with E-state index in [1.54, 1.807) is 7.11 Å². The first-order valence-corrected chi connectivity index (χ1v) is 11.6. The average molecular weight is 426 g/mol. The Balaban J connectivity index is 1.45. The van der Waals surface area contributed by atoms with Crippen LogP contribution in [0, 0.1) is 0 Å². The van der Waals surface area contributed by atoms with Gasteiger partial charge in [-0.2, -0.15) is 0 Å². The molecule has 31 heavy (non-hydrogen) atoms. The summed E-state index contributed by atoms with van der Waals surface area (Å²) >= 11 is 0. The molecule has 168 valence electrons. The van der Waals surface area contributed by atoms with Crippen molar-refractivity contribution in [3.63, 3.8) is 0 Å². The lowest BCUT2D eigenvalue weighted by Crippen LogP contribution is -2.44. The summed E-state index contributed by atoms with van der Waals surface area (Å²) in [6.45, 7) is 7.54. The van der Waals surface area contributed by atoms with E-state index in [0.29, 0.717) is 12.6 Å². The minimum atomic E-state index is 0.299. The highest BCUT2D eigenvalue weighted by molar-refractivity contribution is 5.79. The highest BCUT2D eigenvalue weighted by Crippen LogP contribution is 2.26. The monoisotopic (exact) mass is 425 g/mol. The van der Waals surface area contributed by atoms with Crippen molar-refractivity contribution < 1.29 is 4.74 Å². The van der Waals surface area contributed by atoms with Gasteiger partial charge >= 0.3 is 0 Å². The summed E-state index contributed by atoms with van der Waals surface area (Å²) in [5.74, 6) is 3.76. The van der Waals surface area contributed by atoms with Crippen molar-refractivity contribution in [3.05, 3.63) is 41.5 Å². The van der Waals surface area contributed by atoms with Crippen LogP contribution in [0.2, 0.25) is 0 Å². The number of aliphatic imine (C=N–C) groups is 1. The summed E-state index contributed by atoms with van der Waals surface area (Å²) in [5, 5.41) is 15.6. The Kier molecular flexibility index (Phi) is 7.40. The first-order valence-electron chi connectivity index (χ1n) is 11.6. The minimum Gasteiger partial charge on any atom is -0.497 e. The van der Waals surface area contributed by atoms with Crippen LogP contribution >= 0.6 is 0 Å². The van der Waals surface area contributed by atoms with Gasteiger partial charge in [0.2, 0.25) is 0 Å². The summed E-state index contributed by atoms with van der Waals surface area (Å²) < 4.78 is 7.56. The summed E-state index contributed by atoms with van der Waals surface area (Å²) in [6, 6.07) is 8.77. The van der Waals surface area contributed by atoms with Crippen LogP contribution in [0.1, 0.15) is 55.9 Å². The summed E-state index contributed by atoms with van der Waals surface area (Å²) in [5.41, 5.74) is 1.31. The SMILES string of the molecule is CCNC(=NCc1nnc2n1CCC2)NCC(c1ccc(OC)cc1)N1CCCCC1. The molecule has 1 aromatic heterocycles. The van der Waals surface area contributed by atoms with Crippen LogP contribution in [0.25, 0.3) is 0 Å². The third-order valence-electron chi connectivity index (χ3n) is 6.20. The molecule has 1 aromatic carbocycles. The third-order valence-corrected chi connectivity index (χ3v) is 6.20. The smallest absolute Gasteiger partial charge is 0.191 e. The molecule has 1 atom stereocenters. The number of fused-ring (bicyclic) bond motifs is 1. The van der Waals surface area contributed by atoms with Gasteiger partial charge in [0, 0.05) is 26.1 Å². The molecule has 0 bridgehead atoms. The molecule has 1 saturated heterocycles. The number of benzene rings is 1.